The topological polar surface area (TPSA) is 67.0 Å². The molecule has 1 heterocycles. The van der Waals surface area contributed by atoms with Crippen LogP contribution in [0.2, 0.25) is 0 Å². The molecule has 4 rings (SSSR count). The predicted molar refractivity (Wildman–Crippen MR) is 102 cm³/mol. The molecule has 2 N–H and O–H groups in total. The molecular weight excluding hydrogens is 326 g/mol. The fourth-order valence-electron chi connectivity index (χ4n) is 2.68. The molecule has 0 bridgehead atoms. The van der Waals surface area contributed by atoms with E-state index >= 15 is 0 Å². The number of imidazole rings is 1. The molecular formula is C21H17N3O2. The normalized spacial score (nSPS) is 10.6. The second kappa shape index (κ2) is 7.11. The largest absolute Gasteiger partial charge is 0.444 e. The van der Waals surface area contributed by atoms with Gasteiger partial charge in [0.05, 0.1) is 11.0 Å². The summed E-state index contributed by atoms with van der Waals surface area (Å²) < 4.78 is 5.22. The van der Waals surface area contributed by atoms with Gasteiger partial charge in [0.15, 0.2) is 0 Å². The van der Waals surface area contributed by atoms with E-state index in [-0.39, 0.29) is 6.61 Å². The highest BCUT2D eigenvalue weighted by Crippen LogP contribution is 2.22. The predicted octanol–water partition coefficient (Wildman–Crippen LogP) is 4.98. The van der Waals surface area contributed by atoms with Crippen molar-refractivity contribution in [1.82, 2.24) is 9.97 Å². The molecule has 0 saturated carbocycles. The van der Waals surface area contributed by atoms with Gasteiger partial charge >= 0.3 is 6.09 Å². The molecule has 3 aromatic carbocycles. The minimum absolute atomic E-state index is 0.240. The molecule has 0 aliphatic carbocycles. The zero-order valence-corrected chi connectivity index (χ0v) is 14.0. The summed E-state index contributed by atoms with van der Waals surface area (Å²) in [6.45, 7) is 0.240. The van der Waals surface area contributed by atoms with Gasteiger partial charge in [-0.25, -0.2) is 9.78 Å². The van der Waals surface area contributed by atoms with Gasteiger partial charge in [-0.2, -0.15) is 0 Å². The second-order valence-electron chi connectivity index (χ2n) is 5.87. The van der Waals surface area contributed by atoms with Crippen LogP contribution in [0.25, 0.3) is 22.4 Å². The average molecular weight is 343 g/mol. The SMILES string of the molecule is O=C(Nc1ccc(-c2nc3ccccc3[nH]2)cc1)OCc1ccccc1. The smallest absolute Gasteiger partial charge is 0.411 e. The summed E-state index contributed by atoms with van der Waals surface area (Å²) in [6.07, 6.45) is -0.481. The van der Waals surface area contributed by atoms with Crippen LogP contribution >= 0.6 is 0 Å². The van der Waals surface area contributed by atoms with Crippen LogP contribution in [0.4, 0.5) is 10.5 Å². The average Bonchev–Trinajstić information content (AvgIpc) is 3.12. The lowest BCUT2D eigenvalue weighted by atomic mass is 10.2. The molecule has 26 heavy (non-hydrogen) atoms. The molecule has 0 spiro atoms. The monoisotopic (exact) mass is 343 g/mol. The van der Waals surface area contributed by atoms with E-state index in [9.17, 15) is 4.79 Å². The van der Waals surface area contributed by atoms with Gasteiger partial charge in [-0.1, -0.05) is 42.5 Å². The molecule has 1 aromatic heterocycles. The number of fused-ring (bicyclic) bond motifs is 1. The van der Waals surface area contributed by atoms with Crippen molar-refractivity contribution in [3.05, 3.63) is 84.4 Å². The Balaban J connectivity index is 1.40. The van der Waals surface area contributed by atoms with Crippen molar-refractivity contribution in [2.24, 2.45) is 0 Å². The summed E-state index contributed by atoms with van der Waals surface area (Å²) in [7, 11) is 0. The molecule has 0 saturated heterocycles. The Kier molecular flexibility index (Phi) is 4.35. The summed E-state index contributed by atoms with van der Waals surface area (Å²) in [5.41, 5.74) is 4.48. The summed E-state index contributed by atoms with van der Waals surface area (Å²) in [6, 6.07) is 24.9. The van der Waals surface area contributed by atoms with E-state index < -0.39 is 6.09 Å². The van der Waals surface area contributed by atoms with Gasteiger partial charge in [-0.15, -0.1) is 0 Å². The maximum absolute atomic E-state index is 11.9. The maximum atomic E-state index is 11.9. The van der Waals surface area contributed by atoms with Crippen molar-refractivity contribution in [2.45, 2.75) is 6.61 Å². The van der Waals surface area contributed by atoms with Crippen molar-refractivity contribution in [1.29, 1.82) is 0 Å². The summed E-state index contributed by atoms with van der Waals surface area (Å²) >= 11 is 0. The molecule has 4 aromatic rings. The Hall–Kier alpha value is -3.60. The molecule has 0 aliphatic heterocycles. The first-order valence-electron chi connectivity index (χ1n) is 8.31. The molecule has 0 aliphatic rings. The number of para-hydroxylation sites is 2. The first kappa shape index (κ1) is 15.9. The Morgan fingerprint density at radius 1 is 0.923 bits per heavy atom. The quantitative estimate of drug-likeness (QED) is 0.549. The summed E-state index contributed by atoms with van der Waals surface area (Å²) in [4.78, 5) is 19.8. The van der Waals surface area contributed by atoms with E-state index in [0.717, 1.165) is 28.0 Å². The van der Waals surface area contributed by atoms with Crippen LogP contribution in [0.3, 0.4) is 0 Å². The molecule has 0 radical (unpaired) electrons. The number of H-pyrrole nitrogens is 1. The van der Waals surface area contributed by atoms with Gasteiger partial charge in [-0.05, 0) is 42.0 Å². The summed E-state index contributed by atoms with van der Waals surface area (Å²) in [5, 5.41) is 2.73. The number of carbonyl (C=O) groups is 1. The third-order valence-electron chi connectivity index (χ3n) is 4.01. The highest BCUT2D eigenvalue weighted by atomic mass is 16.5. The van der Waals surface area contributed by atoms with Crippen molar-refractivity contribution in [3.8, 4) is 11.4 Å². The van der Waals surface area contributed by atoms with E-state index in [1.165, 1.54) is 0 Å². The van der Waals surface area contributed by atoms with E-state index in [1.807, 2.05) is 78.9 Å². The van der Waals surface area contributed by atoms with Gasteiger partial charge in [0.2, 0.25) is 0 Å². The molecule has 5 nitrogen and oxygen atoms in total. The molecule has 128 valence electrons. The van der Waals surface area contributed by atoms with E-state index in [2.05, 4.69) is 15.3 Å². The van der Waals surface area contributed by atoms with Crippen LogP contribution in [0.1, 0.15) is 5.56 Å². The number of ether oxygens (including phenoxy) is 1. The number of aromatic nitrogens is 2. The standard InChI is InChI=1S/C21H17N3O2/c25-21(26-14-15-6-2-1-3-7-15)22-17-12-10-16(11-13-17)20-23-18-8-4-5-9-19(18)24-20/h1-13H,14H2,(H,22,25)(H,23,24). The van der Waals surface area contributed by atoms with Crippen molar-refractivity contribution < 1.29 is 9.53 Å². The van der Waals surface area contributed by atoms with E-state index in [1.54, 1.807) is 0 Å². The zero-order valence-electron chi connectivity index (χ0n) is 14.0. The van der Waals surface area contributed by atoms with Crippen molar-refractivity contribution in [2.75, 3.05) is 5.32 Å². The number of nitrogens with zero attached hydrogens (tertiary/aromatic N) is 1. The number of nitrogens with one attached hydrogen (secondary N) is 2. The summed E-state index contributed by atoms with van der Waals surface area (Å²) in [5.74, 6) is 0.796. The van der Waals surface area contributed by atoms with Gasteiger partial charge in [0.1, 0.15) is 12.4 Å². The van der Waals surface area contributed by atoms with Gasteiger partial charge in [0, 0.05) is 11.3 Å². The number of carbonyl (C=O) groups excluding carboxylic acids is 1. The minimum Gasteiger partial charge on any atom is -0.444 e. The third-order valence-corrected chi connectivity index (χ3v) is 4.01. The van der Waals surface area contributed by atoms with E-state index in [0.29, 0.717) is 5.69 Å². The van der Waals surface area contributed by atoms with Gasteiger partial charge in [-0.3, -0.25) is 5.32 Å². The molecule has 1 amide bonds. The Labute approximate surface area is 150 Å². The fraction of sp³-hybridized carbons (Fsp3) is 0.0476. The lowest BCUT2D eigenvalue weighted by Crippen LogP contribution is -2.13. The number of hydrogen-bond donors (Lipinski definition) is 2. The number of benzene rings is 3. The van der Waals surface area contributed by atoms with Crippen LogP contribution in [0.5, 0.6) is 0 Å². The Morgan fingerprint density at radius 2 is 1.65 bits per heavy atom. The molecule has 0 atom stereocenters. The molecule has 0 unspecified atom stereocenters. The number of anilines is 1. The van der Waals surface area contributed by atoms with Crippen LogP contribution in [-0.2, 0) is 11.3 Å². The molecule has 5 heteroatoms. The highest BCUT2D eigenvalue weighted by Gasteiger charge is 2.07. The highest BCUT2D eigenvalue weighted by molar-refractivity contribution is 5.85. The second-order valence-corrected chi connectivity index (χ2v) is 5.87. The van der Waals surface area contributed by atoms with Crippen LogP contribution < -0.4 is 5.32 Å². The van der Waals surface area contributed by atoms with Crippen LogP contribution in [-0.4, -0.2) is 16.1 Å². The lowest BCUT2D eigenvalue weighted by molar-refractivity contribution is 0.155. The first-order valence-corrected chi connectivity index (χ1v) is 8.31. The number of aromatic amines is 1. The number of hydrogen-bond acceptors (Lipinski definition) is 3. The Morgan fingerprint density at radius 3 is 2.42 bits per heavy atom. The van der Waals surface area contributed by atoms with Crippen LogP contribution in [0, 0.1) is 0 Å². The van der Waals surface area contributed by atoms with Crippen molar-refractivity contribution in [3.63, 3.8) is 0 Å². The van der Waals surface area contributed by atoms with Gasteiger partial charge in [0.25, 0.3) is 0 Å². The lowest BCUT2D eigenvalue weighted by Gasteiger charge is -2.07. The van der Waals surface area contributed by atoms with E-state index in [4.69, 9.17) is 4.74 Å². The van der Waals surface area contributed by atoms with Crippen molar-refractivity contribution >= 4 is 22.8 Å². The fourth-order valence-corrected chi connectivity index (χ4v) is 2.68. The van der Waals surface area contributed by atoms with Crippen LogP contribution in [0.15, 0.2) is 78.9 Å². The maximum Gasteiger partial charge on any atom is 0.411 e. The number of amides is 1. The number of rotatable bonds is 4. The molecule has 0 fully saturated rings. The first-order chi connectivity index (χ1) is 12.8. The van der Waals surface area contributed by atoms with Gasteiger partial charge < -0.3 is 9.72 Å². The Bertz CT molecular complexity index is 991. The minimum atomic E-state index is -0.481. The third kappa shape index (κ3) is 3.57. The zero-order chi connectivity index (χ0) is 17.8.